The van der Waals surface area contributed by atoms with Crippen molar-refractivity contribution in [1.82, 2.24) is 20.0 Å². The average molecular weight is 331 g/mol. The third-order valence-electron chi connectivity index (χ3n) is 4.01. The van der Waals surface area contributed by atoms with Gasteiger partial charge in [-0.15, -0.1) is 0 Å². The van der Waals surface area contributed by atoms with Gasteiger partial charge in [0.2, 0.25) is 0 Å². The fourth-order valence-electron chi connectivity index (χ4n) is 2.74. The van der Waals surface area contributed by atoms with Gasteiger partial charge >= 0.3 is 0 Å². The zero-order chi connectivity index (χ0) is 17.3. The van der Waals surface area contributed by atoms with Gasteiger partial charge in [0.1, 0.15) is 0 Å². The number of hydrogen-bond donors (Lipinski definition) is 1. The second-order valence-electron chi connectivity index (χ2n) is 5.70. The molecule has 1 atom stereocenters. The summed E-state index contributed by atoms with van der Waals surface area (Å²) in [7, 11) is 1.67. The number of hydrogen-bond acceptors (Lipinski definition) is 4. The number of carbonyl (C=O) groups is 1. The first kappa shape index (κ1) is 15.9. The van der Waals surface area contributed by atoms with Crippen molar-refractivity contribution in [1.29, 1.82) is 5.26 Å². The fraction of sp³-hybridized carbons (Fsp3) is 0.312. The van der Waals surface area contributed by atoms with Crippen LogP contribution in [0.2, 0.25) is 0 Å². The minimum Gasteiger partial charge on any atom is -0.347 e. The third kappa shape index (κ3) is 2.93. The number of nitrogens with zero attached hydrogens (tertiary/aromatic N) is 4. The summed E-state index contributed by atoms with van der Waals surface area (Å²) in [6.07, 6.45) is 5.57. The van der Waals surface area contributed by atoms with Crippen molar-refractivity contribution in [3.8, 4) is 17.3 Å². The highest BCUT2D eigenvalue weighted by atomic mass is 19.2. The van der Waals surface area contributed by atoms with Crippen molar-refractivity contribution in [3.63, 3.8) is 0 Å². The van der Waals surface area contributed by atoms with Gasteiger partial charge < -0.3 is 10.2 Å². The molecule has 8 heteroatoms. The predicted octanol–water partition coefficient (Wildman–Crippen LogP) is 1.65. The van der Waals surface area contributed by atoms with E-state index < -0.39 is 17.5 Å². The molecule has 3 rings (SSSR count). The molecule has 1 unspecified atom stereocenters. The molecular formula is C16H15F2N5O. The Labute approximate surface area is 137 Å². The van der Waals surface area contributed by atoms with Crippen molar-refractivity contribution >= 4 is 5.91 Å². The van der Waals surface area contributed by atoms with E-state index in [-0.39, 0.29) is 17.2 Å². The Hall–Kier alpha value is -2.95. The van der Waals surface area contributed by atoms with Gasteiger partial charge in [0.25, 0.3) is 5.91 Å². The lowest BCUT2D eigenvalue weighted by Gasteiger charge is -2.13. The van der Waals surface area contributed by atoms with Crippen LogP contribution in [0, 0.1) is 23.1 Å². The van der Waals surface area contributed by atoms with E-state index in [0.29, 0.717) is 25.1 Å². The highest BCUT2D eigenvalue weighted by molar-refractivity contribution is 5.95. The van der Waals surface area contributed by atoms with E-state index in [1.165, 1.54) is 27.9 Å². The van der Waals surface area contributed by atoms with Gasteiger partial charge in [-0.1, -0.05) is 6.07 Å². The summed E-state index contributed by atoms with van der Waals surface area (Å²) in [5.74, 6) is -2.96. The standard InChI is InChI=1S/C16H15F2N5O/c1-22-7-10(6-20-22)12-2-3-13(15(18)14(12)17)16(24)21-11-4-5-23(8-11)9-19/h2-3,6-7,11H,4-5,8H2,1H3,(H,21,24). The quantitative estimate of drug-likeness (QED) is 0.868. The molecule has 1 N–H and O–H groups in total. The molecule has 1 fully saturated rings. The first-order chi connectivity index (χ1) is 11.5. The predicted molar refractivity (Wildman–Crippen MR) is 81.6 cm³/mol. The highest BCUT2D eigenvalue weighted by Crippen LogP contribution is 2.26. The van der Waals surface area contributed by atoms with E-state index >= 15 is 0 Å². The van der Waals surface area contributed by atoms with Gasteiger partial charge in [0.15, 0.2) is 17.8 Å². The molecule has 1 saturated heterocycles. The van der Waals surface area contributed by atoms with Gasteiger partial charge in [-0.2, -0.15) is 10.4 Å². The van der Waals surface area contributed by atoms with Crippen molar-refractivity contribution in [3.05, 3.63) is 41.7 Å². The van der Waals surface area contributed by atoms with Gasteiger partial charge in [0.05, 0.1) is 11.8 Å². The average Bonchev–Trinajstić information content (AvgIpc) is 3.18. The van der Waals surface area contributed by atoms with Gasteiger partial charge in [0, 0.05) is 43.5 Å². The summed E-state index contributed by atoms with van der Waals surface area (Å²) in [5.41, 5.74) is 0.130. The smallest absolute Gasteiger partial charge is 0.254 e. The van der Waals surface area contributed by atoms with Crippen molar-refractivity contribution < 1.29 is 13.6 Å². The number of carbonyl (C=O) groups excluding carboxylic acids is 1. The molecule has 1 aromatic heterocycles. The number of likely N-dealkylation sites (tertiary alicyclic amines) is 1. The van der Waals surface area contributed by atoms with E-state index in [1.54, 1.807) is 13.2 Å². The number of nitrogens with one attached hydrogen (secondary N) is 1. The minimum absolute atomic E-state index is 0.0497. The molecule has 2 aromatic rings. The van der Waals surface area contributed by atoms with E-state index in [4.69, 9.17) is 5.26 Å². The van der Waals surface area contributed by atoms with Crippen molar-refractivity contribution in [2.24, 2.45) is 7.05 Å². The zero-order valence-electron chi connectivity index (χ0n) is 13.0. The SMILES string of the molecule is Cn1cc(-c2ccc(C(=O)NC3CCN(C#N)C3)c(F)c2F)cn1. The maximum atomic E-state index is 14.3. The lowest BCUT2D eigenvalue weighted by Crippen LogP contribution is -2.37. The first-order valence-corrected chi connectivity index (χ1v) is 7.42. The molecule has 24 heavy (non-hydrogen) atoms. The second kappa shape index (κ2) is 6.28. The number of nitriles is 1. The Bertz CT molecular complexity index is 826. The summed E-state index contributed by atoms with van der Waals surface area (Å²) in [5, 5.41) is 15.4. The van der Waals surface area contributed by atoms with E-state index in [1.807, 2.05) is 6.19 Å². The van der Waals surface area contributed by atoms with Crippen LogP contribution in [0.15, 0.2) is 24.5 Å². The van der Waals surface area contributed by atoms with Gasteiger partial charge in [-0.05, 0) is 12.5 Å². The molecule has 6 nitrogen and oxygen atoms in total. The molecule has 0 bridgehead atoms. The molecule has 1 aliphatic heterocycles. The van der Waals surface area contributed by atoms with Gasteiger partial charge in [-0.25, -0.2) is 8.78 Å². The van der Waals surface area contributed by atoms with Crippen LogP contribution < -0.4 is 5.32 Å². The summed E-state index contributed by atoms with van der Waals surface area (Å²) in [4.78, 5) is 13.7. The van der Waals surface area contributed by atoms with Crippen LogP contribution in [-0.4, -0.2) is 39.7 Å². The molecule has 0 aliphatic carbocycles. The number of aryl methyl sites for hydroxylation is 1. The highest BCUT2D eigenvalue weighted by Gasteiger charge is 2.26. The summed E-state index contributed by atoms with van der Waals surface area (Å²) < 4.78 is 30.1. The molecule has 2 heterocycles. The van der Waals surface area contributed by atoms with Gasteiger partial charge in [-0.3, -0.25) is 9.48 Å². The Morgan fingerprint density at radius 2 is 2.21 bits per heavy atom. The Kier molecular flexibility index (Phi) is 4.16. The second-order valence-corrected chi connectivity index (χ2v) is 5.70. The molecule has 1 aromatic carbocycles. The van der Waals surface area contributed by atoms with E-state index in [2.05, 4.69) is 10.4 Å². The first-order valence-electron chi connectivity index (χ1n) is 7.42. The van der Waals surface area contributed by atoms with Crippen LogP contribution in [0.3, 0.4) is 0 Å². The van der Waals surface area contributed by atoms with E-state index in [9.17, 15) is 13.6 Å². The van der Waals surface area contributed by atoms with Crippen molar-refractivity contribution in [2.45, 2.75) is 12.5 Å². The molecule has 0 spiro atoms. The number of halogens is 2. The van der Waals surface area contributed by atoms with Crippen LogP contribution in [0.25, 0.3) is 11.1 Å². The molecule has 124 valence electrons. The molecule has 0 radical (unpaired) electrons. The van der Waals surface area contributed by atoms with Crippen LogP contribution in [0.1, 0.15) is 16.8 Å². The number of amides is 1. The molecule has 1 aliphatic rings. The number of benzene rings is 1. The van der Waals surface area contributed by atoms with Crippen LogP contribution in [0.4, 0.5) is 8.78 Å². The number of rotatable bonds is 3. The van der Waals surface area contributed by atoms with E-state index in [0.717, 1.165) is 0 Å². The van der Waals surface area contributed by atoms with Crippen LogP contribution in [-0.2, 0) is 7.05 Å². The lowest BCUT2D eigenvalue weighted by molar-refractivity contribution is 0.0933. The Morgan fingerprint density at radius 1 is 1.42 bits per heavy atom. The molecule has 0 saturated carbocycles. The van der Waals surface area contributed by atoms with Crippen molar-refractivity contribution in [2.75, 3.05) is 13.1 Å². The van der Waals surface area contributed by atoms with Crippen LogP contribution >= 0.6 is 0 Å². The number of aromatic nitrogens is 2. The lowest BCUT2D eigenvalue weighted by atomic mass is 10.0. The fourth-order valence-corrected chi connectivity index (χ4v) is 2.74. The summed E-state index contributed by atoms with van der Waals surface area (Å²) >= 11 is 0. The van der Waals surface area contributed by atoms with Crippen LogP contribution in [0.5, 0.6) is 0 Å². The largest absolute Gasteiger partial charge is 0.347 e. The normalized spacial score (nSPS) is 16.9. The molecular weight excluding hydrogens is 316 g/mol. The Morgan fingerprint density at radius 3 is 2.83 bits per heavy atom. The molecule has 1 amide bonds. The Balaban J connectivity index is 1.81. The maximum Gasteiger partial charge on any atom is 0.254 e. The minimum atomic E-state index is -1.19. The summed E-state index contributed by atoms with van der Waals surface area (Å²) in [6, 6.07) is 2.37. The third-order valence-corrected chi connectivity index (χ3v) is 4.01. The summed E-state index contributed by atoms with van der Waals surface area (Å²) in [6.45, 7) is 0.915. The maximum absolute atomic E-state index is 14.3. The monoisotopic (exact) mass is 331 g/mol. The topological polar surface area (TPSA) is 74.0 Å². The zero-order valence-corrected chi connectivity index (χ0v) is 13.0.